The van der Waals surface area contributed by atoms with Gasteiger partial charge in [0.05, 0.1) is 11.6 Å². The molecule has 0 saturated carbocycles. The van der Waals surface area contributed by atoms with E-state index in [1.165, 1.54) is 13.2 Å². The van der Waals surface area contributed by atoms with Gasteiger partial charge in [0.15, 0.2) is 5.43 Å². The first kappa shape index (κ1) is 13.1. The lowest BCUT2D eigenvalue weighted by atomic mass is 10.1. The molecule has 1 aromatic heterocycles. The minimum Gasteiger partial charge on any atom is -0.456 e. The van der Waals surface area contributed by atoms with Crippen molar-refractivity contribution in [2.75, 3.05) is 7.11 Å². The van der Waals surface area contributed by atoms with Gasteiger partial charge in [-0.1, -0.05) is 35.5 Å². The van der Waals surface area contributed by atoms with Gasteiger partial charge in [0, 0.05) is 11.6 Å². The van der Waals surface area contributed by atoms with E-state index in [4.69, 9.17) is 4.42 Å². The molecule has 4 heteroatoms. The van der Waals surface area contributed by atoms with Crippen LogP contribution in [-0.2, 0) is 4.84 Å². The third-order valence-electron chi connectivity index (χ3n) is 3.12. The molecule has 0 N–H and O–H groups in total. The van der Waals surface area contributed by atoms with Crippen LogP contribution in [0.3, 0.4) is 0 Å². The van der Waals surface area contributed by atoms with Crippen LogP contribution in [0, 0.1) is 0 Å². The van der Waals surface area contributed by atoms with Gasteiger partial charge in [-0.15, -0.1) is 0 Å². The van der Waals surface area contributed by atoms with E-state index in [2.05, 4.69) is 9.99 Å². The molecule has 0 radical (unpaired) electrons. The Kier molecular flexibility index (Phi) is 3.51. The summed E-state index contributed by atoms with van der Waals surface area (Å²) in [7, 11) is 1.47. The third-order valence-corrected chi connectivity index (χ3v) is 3.12. The zero-order chi connectivity index (χ0) is 14.7. The van der Waals surface area contributed by atoms with Crippen LogP contribution in [0.25, 0.3) is 22.3 Å². The highest BCUT2D eigenvalue weighted by atomic mass is 16.6. The first-order valence-corrected chi connectivity index (χ1v) is 6.48. The molecule has 0 aliphatic rings. The van der Waals surface area contributed by atoms with Gasteiger partial charge in [-0.3, -0.25) is 4.79 Å². The van der Waals surface area contributed by atoms with Gasteiger partial charge in [-0.05, 0) is 23.8 Å². The maximum atomic E-state index is 12.3. The molecule has 0 unspecified atom stereocenters. The number of fused-ring (bicyclic) bond motifs is 1. The molecule has 1 heterocycles. The number of oxime groups is 1. The SMILES string of the molecule is CO/N=C/c1ccc2oc(-c3ccccc3)cc(=O)c2c1. The first-order valence-electron chi connectivity index (χ1n) is 6.48. The molecule has 0 fully saturated rings. The summed E-state index contributed by atoms with van der Waals surface area (Å²) in [5, 5.41) is 4.21. The predicted molar refractivity (Wildman–Crippen MR) is 82.5 cm³/mol. The molecule has 0 bridgehead atoms. The highest BCUT2D eigenvalue weighted by Crippen LogP contribution is 2.22. The standard InChI is InChI=1S/C17H13NO3/c1-20-18-11-12-7-8-16-14(9-12)15(19)10-17(21-16)13-5-3-2-4-6-13/h2-11H,1H3/b18-11+. The van der Waals surface area contributed by atoms with Crippen molar-refractivity contribution in [1.82, 2.24) is 0 Å². The van der Waals surface area contributed by atoms with E-state index in [0.29, 0.717) is 16.7 Å². The maximum Gasteiger partial charge on any atom is 0.193 e. The fourth-order valence-electron chi connectivity index (χ4n) is 2.11. The van der Waals surface area contributed by atoms with Crippen molar-refractivity contribution in [3.63, 3.8) is 0 Å². The molecule has 3 rings (SSSR count). The van der Waals surface area contributed by atoms with E-state index < -0.39 is 0 Å². The Bertz CT molecular complexity index is 851. The average Bonchev–Trinajstić information content (AvgIpc) is 2.54. The summed E-state index contributed by atoms with van der Waals surface area (Å²) in [6.45, 7) is 0. The van der Waals surface area contributed by atoms with E-state index in [9.17, 15) is 4.79 Å². The quantitative estimate of drug-likeness (QED) is 0.545. The monoisotopic (exact) mass is 279 g/mol. The summed E-state index contributed by atoms with van der Waals surface area (Å²) < 4.78 is 5.81. The summed E-state index contributed by atoms with van der Waals surface area (Å²) >= 11 is 0. The molecular weight excluding hydrogens is 266 g/mol. The first-order chi connectivity index (χ1) is 10.3. The molecular formula is C17H13NO3. The van der Waals surface area contributed by atoms with Crippen LogP contribution in [0.15, 0.2) is 69.0 Å². The molecule has 3 aromatic rings. The Morgan fingerprint density at radius 1 is 1.10 bits per heavy atom. The lowest BCUT2D eigenvalue weighted by Crippen LogP contribution is -2.01. The van der Waals surface area contributed by atoms with Crippen LogP contribution in [0.2, 0.25) is 0 Å². The van der Waals surface area contributed by atoms with E-state index in [1.807, 2.05) is 36.4 Å². The molecule has 21 heavy (non-hydrogen) atoms. The molecule has 4 nitrogen and oxygen atoms in total. The lowest BCUT2D eigenvalue weighted by Gasteiger charge is -2.03. The predicted octanol–water partition coefficient (Wildman–Crippen LogP) is 3.44. The lowest BCUT2D eigenvalue weighted by molar-refractivity contribution is 0.215. The minimum absolute atomic E-state index is 0.0808. The highest BCUT2D eigenvalue weighted by molar-refractivity contribution is 5.88. The van der Waals surface area contributed by atoms with Crippen molar-refractivity contribution < 1.29 is 9.25 Å². The third kappa shape index (κ3) is 2.69. The van der Waals surface area contributed by atoms with Crippen molar-refractivity contribution in [2.45, 2.75) is 0 Å². The van der Waals surface area contributed by atoms with Gasteiger partial charge in [-0.25, -0.2) is 0 Å². The number of hydrogen-bond acceptors (Lipinski definition) is 4. The second-order valence-corrected chi connectivity index (χ2v) is 4.51. The summed E-state index contributed by atoms with van der Waals surface area (Å²) in [5.74, 6) is 0.561. The summed E-state index contributed by atoms with van der Waals surface area (Å²) in [6, 6.07) is 16.4. The molecule has 104 valence electrons. The molecule has 0 atom stereocenters. The Labute approximate surface area is 121 Å². The number of benzene rings is 2. The van der Waals surface area contributed by atoms with E-state index in [-0.39, 0.29) is 5.43 Å². The Morgan fingerprint density at radius 3 is 2.67 bits per heavy atom. The van der Waals surface area contributed by atoms with E-state index in [1.54, 1.807) is 18.3 Å². The summed E-state index contributed by atoms with van der Waals surface area (Å²) in [4.78, 5) is 16.9. The summed E-state index contributed by atoms with van der Waals surface area (Å²) in [6.07, 6.45) is 1.55. The van der Waals surface area contributed by atoms with Gasteiger partial charge in [0.1, 0.15) is 18.5 Å². The average molecular weight is 279 g/mol. The number of hydrogen-bond donors (Lipinski definition) is 0. The second kappa shape index (κ2) is 5.63. The molecule has 0 saturated heterocycles. The van der Waals surface area contributed by atoms with Crippen molar-refractivity contribution in [3.05, 3.63) is 70.4 Å². The van der Waals surface area contributed by atoms with Crippen LogP contribution in [-0.4, -0.2) is 13.3 Å². The largest absolute Gasteiger partial charge is 0.456 e. The van der Waals surface area contributed by atoms with Gasteiger partial charge in [0.25, 0.3) is 0 Å². The fourth-order valence-corrected chi connectivity index (χ4v) is 2.11. The van der Waals surface area contributed by atoms with Crippen molar-refractivity contribution in [1.29, 1.82) is 0 Å². The van der Waals surface area contributed by atoms with Gasteiger partial charge >= 0.3 is 0 Å². The zero-order valence-electron chi connectivity index (χ0n) is 11.4. The van der Waals surface area contributed by atoms with E-state index in [0.717, 1.165) is 11.1 Å². The van der Waals surface area contributed by atoms with Gasteiger partial charge in [-0.2, -0.15) is 0 Å². The van der Waals surface area contributed by atoms with Crippen molar-refractivity contribution >= 4 is 17.2 Å². The van der Waals surface area contributed by atoms with Crippen LogP contribution < -0.4 is 5.43 Å². The topological polar surface area (TPSA) is 51.8 Å². The Hall–Kier alpha value is -2.88. The van der Waals surface area contributed by atoms with Gasteiger partial charge in [0.2, 0.25) is 0 Å². The number of nitrogens with zero attached hydrogens (tertiary/aromatic N) is 1. The fraction of sp³-hybridized carbons (Fsp3) is 0.0588. The normalized spacial score (nSPS) is 11.1. The van der Waals surface area contributed by atoms with Crippen LogP contribution >= 0.6 is 0 Å². The van der Waals surface area contributed by atoms with Crippen LogP contribution in [0.1, 0.15) is 5.56 Å². The van der Waals surface area contributed by atoms with Crippen LogP contribution in [0.4, 0.5) is 0 Å². The molecule has 0 aliphatic heterocycles. The van der Waals surface area contributed by atoms with Gasteiger partial charge < -0.3 is 9.25 Å². The molecule has 0 amide bonds. The number of rotatable bonds is 3. The smallest absolute Gasteiger partial charge is 0.193 e. The van der Waals surface area contributed by atoms with E-state index >= 15 is 0 Å². The highest BCUT2D eigenvalue weighted by Gasteiger charge is 2.07. The second-order valence-electron chi connectivity index (χ2n) is 4.51. The Morgan fingerprint density at radius 2 is 1.90 bits per heavy atom. The maximum absolute atomic E-state index is 12.3. The molecule has 0 spiro atoms. The van der Waals surface area contributed by atoms with Crippen LogP contribution in [0.5, 0.6) is 0 Å². The minimum atomic E-state index is -0.0808. The Balaban J connectivity index is 2.14. The van der Waals surface area contributed by atoms with Crippen molar-refractivity contribution in [2.24, 2.45) is 5.16 Å². The van der Waals surface area contributed by atoms with Crippen molar-refractivity contribution in [3.8, 4) is 11.3 Å². The summed E-state index contributed by atoms with van der Waals surface area (Å²) in [5.41, 5.74) is 2.13. The molecule has 0 aliphatic carbocycles. The zero-order valence-corrected chi connectivity index (χ0v) is 11.4. The molecule has 2 aromatic carbocycles.